The number of nitrogen functional groups attached to an aromatic ring is 1. The summed E-state index contributed by atoms with van der Waals surface area (Å²) in [5, 5.41) is 2.86. The number of alkyl halides is 3. The Kier molecular flexibility index (Phi) is 20.4. The zero-order valence-electron chi connectivity index (χ0n) is 28.5. The molecule has 0 aromatic heterocycles. The van der Waals surface area contributed by atoms with Crippen molar-refractivity contribution in [3.05, 3.63) is 83.9 Å². The first-order valence-corrected chi connectivity index (χ1v) is 16.6. The number of anilines is 3. The Morgan fingerprint density at radius 1 is 0.569 bits per heavy atom. The van der Waals surface area contributed by atoms with E-state index in [9.17, 15) is 18.0 Å². The summed E-state index contributed by atoms with van der Waals surface area (Å²) in [5.74, 6) is 0.123. The van der Waals surface area contributed by atoms with Crippen molar-refractivity contribution in [2.45, 2.75) is 6.18 Å². The van der Waals surface area contributed by atoms with Gasteiger partial charge in [0.05, 0.1) is 109 Å². The summed E-state index contributed by atoms with van der Waals surface area (Å²) in [5.41, 5.74) is 6.24. The third-order valence-electron chi connectivity index (χ3n) is 6.69. The van der Waals surface area contributed by atoms with Gasteiger partial charge in [0.25, 0.3) is 0 Å². The summed E-state index contributed by atoms with van der Waals surface area (Å²) >= 11 is 0. The minimum absolute atomic E-state index is 0.00176. The lowest BCUT2D eigenvalue weighted by molar-refractivity contribution is -0.137. The van der Waals surface area contributed by atoms with Gasteiger partial charge in [0.1, 0.15) is 19.0 Å². The zero-order chi connectivity index (χ0) is 36.4. The smallest absolute Gasteiger partial charge is 0.416 e. The lowest BCUT2D eigenvalue weighted by atomic mass is 10.1. The van der Waals surface area contributed by atoms with Gasteiger partial charge in [-0.3, -0.25) is 0 Å². The molecule has 0 bridgehead atoms. The summed E-state index contributed by atoms with van der Waals surface area (Å²) in [6.07, 6.45) is -4.48. The standard InChI is InChI=1S/C36H47F3N2O10/c37-36(38,39)29-4-3-5-31(28-29)41-34-7-2-1-6-33(34)35(42)51-27-25-49-23-21-47-19-17-45-15-13-43-12-14-44-16-18-46-20-22-48-24-26-50-32-10-8-30(40)9-11-32/h1-11,28,41H,12-27,40H2. The largest absolute Gasteiger partial charge is 0.491 e. The maximum atomic E-state index is 13.0. The number of hydrogen-bond acceptors (Lipinski definition) is 12. The van der Waals surface area contributed by atoms with Crippen LogP contribution in [-0.2, 0) is 44.1 Å². The van der Waals surface area contributed by atoms with Crippen LogP contribution in [-0.4, -0.2) is 112 Å². The second-order valence-electron chi connectivity index (χ2n) is 10.6. The van der Waals surface area contributed by atoms with Gasteiger partial charge in [-0.05, 0) is 54.6 Å². The molecule has 51 heavy (non-hydrogen) atoms. The molecule has 3 aromatic rings. The van der Waals surface area contributed by atoms with Gasteiger partial charge in [-0.1, -0.05) is 18.2 Å². The van der Waals surface area contributed by atoms with Gasteiger partial charge in [0.15, 0.2) is 0 Å². The first kappa shape index (κ1) is 41.5. The predicted molar refractivity (Wildman–Crippen MR) is 184 cm³/mol. The minimum Gasteiger partial charge on any atom is -0.491 e. The molecule has 0 saturated heterocycles. The van der Waals surface area contributed by atoms with Crippen molar-refractivity contribution in [2.75, 3.05) is 117 Å². The Balaban J connectivity index is 1.05. The van der Waals surface area contributed by atoms with Crippen LogP contribution >= 0.6 is 0 Å². The lowest BCUT2D eigenvalue weighted by Gasteiger charge is -2.13. The monoisotopic (exact) mass is 724 g/mol. The number of carbonyl (C=O) groups excluding carboxylic acids is 1. The number of halogens is 3. The maximum Gasteiger partial charge on any atom is 0.416 e. The summed E-state index contributed by atoms with van der Waals surface area (Å²) in [4.78, 5) is 12.6. The van der Waals surface area contributed by atoms with Crippen LogP contribution in [0.15, 0.2) is 72.8 Å². The van der Waals surface area contributed by atoms with Crippen LogP contribution in [0.3, 0.4) is 0 Å². The molecule has 3 N–H and O–H groups in total. The molecule has 0 spiro atoms. The number of ether oxygens (including phenoxy) is 9. The van der Waals surface area contributed by atoms with Crippen molar-refractivity contribution < 1.29 is 60.6 Å². The Hall–Kier alpha value is -3.96. The van der Waals surface area contributed by atoms with Crippen molar-refractivity contribution in [3.63, 3.8) is 0 Å². The normalized spacial score (nSPS) is 11.4. The Morgan fingerprint density at radius 2 is 1.04 bits per heavy atom. The molecule has 0 aliphatic carbocycles. The molecule has 0 aliphatic rings. The maximum absolute atomic E-state index is 13.0. The lowest BCUT2D eigenvalue weighted by Crippen LogP contribution is -2.16. The van der Waals surface area contributed by atoms with Gasteiger partial charge in [-0.15, -0.1) is 0 Å². The first-order valence-electron chi connectivity index (χ1n) is 16.6. The molecule has 0 atom stereocenters. The minimum atomic E-state index is -4.48. The quantitative estimate of drug-likeness (QED) is 0.0565. The highest BCUT2D eigenvalue weighted by Crippen LogP contribution is 2.32. The van der Waals surface area contributed by atoms with Crippen LogP contribution in [0.2, 0.25) is 0 Å². The fraction of sp³-hybridized carbons (Fsp3) is 0.472. The van der Waals surface area contributed by atoms with Crippen molar-refractivity contribution >= 4 is 23.0 Å². The number of nitrogens with two attached hydrogens (primary N) is 1. The van der Waals surface area contributed by atoms with Crippen molar-refractivity contribution in [3.8, 4) is 5.75 Å². The van der Waals surface area contributed by atoms with E-state index in [-0.39, 0.29) is 24.5 Å². The van der Waals surface area contributed by atoms with Crippen LogP contribution in [0, 0.1) is 0 Å². The molecule has 0 aliphatic heterocycles. The summed E-state index contributed by atoms with van der Waals surface area (Å²) in [7, 11) is 0. The number of hydrogen-bond donors (Lipinski definition) is 2. The fourth-order valence-corrected chi connectivity index (χ4v) is 4.17. The molecule has 0 heterocycles. The van der Waals surface area contributed by atoms with E-state index in [0.29, 0.717) is 104 Å². The number of benzene rings is 3. The van der Waals surface area contributed by atoms with Gasteiger partial charge >= 0.3 is 12.1 Å². The summed E-state index contributed by atoms with van der Waals surface area (Å²) in [6, 6.07) is 18.3. The van der Waals surface area contributed by atoms with Crippen LogP contribution < -0.4 is 15.8 Å². The van der Waals surface area contributed by atoms with E-state index in [0.717, 1.165) is 17.9 Å². The molecule has 0 radical (unpaired) electrons. The molecular weight excluding hydrogens is 677 g/mol. The van der Waals surface area contributed by atoms with Gasteiger partial charge in [-0.2, -0.15) is 13.2 Å². The number of nitrogens with one attached hydrogen (secondary N) is 1. The van der Waals surface area contributed by atoms with Crippen LogP contribution in [0.1, 0.15) is 15.9 Å². The van der Waals surface area contributed by atoms with Crippen LogP contribution in [0.4, 0.5) is 30.2 Å². The van der Waals surface area contributed by atoms with Crippen molar-refractivity contribution in [1.82, 2.24) is 0 Å². The topological polar surface area (TPSA) is 138 Å². The van der Waals surface area contributed by atoms with Crippen molar-refractivity contribution in [2.24, 2.45) is 0 Å². The van der Waals surface area contributed by atoms with E-state index in [4.69, 9.17) is 48.4 Å². The van der Waals surface area contributed by atoms with E-state index in [2.05, 4.69) is 5.32 Å². The number of carbonyl (C=O) groups is 1. The molecule has 0 fully saturated rings. The Bertz CT molecular complexity index is 1370. The molecular formula is C36H47F3N2O10. The third kappa shape index (κ3) is 18.7. The molecule has 0 unspecified atom stereocenters. The highest BCUT2D eigenvalue weighted by molar-refractivity contribution is 5.96. The highest BCUT2D eigenvalue weighted by atomic mass is 19.4. The zero-order valence-corrected chi connectivity index (χ0v) is 28.5. The molecule has 282 valence electrons. The number of rotatable bonds is 28. The average Bonchev–Trinajstić information content (AvgIpc) is 3.12. The molecule has 3 rings (SSSR count). The summed E-state index contributed by atoms with van der Waals surface area (Å²) in [6.45, 7) is 6.16. The Labute approximate surface area is 296 Å². The van der Waals surface area contributed by atoms with Crippen LogP contribution in [0.5, 0.6) is 5.75 Å². The average molecular weight is 725 g/mol. The first-order chi connectivity index (χ1) is 24.8. The van der Waals surface area contributed by atoms with E-state index in [1.165, 1.54) is 18.2 Å². The SMILES string of the molecule is Nc1ccc(OCCOCCOCCOCCOCCOCCOCCOCCOC(=O)c2ccccc2Nc2cccc(C(F)(F)F)c2)cc1. The molecule has 3 aromatic carbocycles. The van der Waals surface area contributed by atoms with Gasteiger partial charge in [0, 0.05) is 11.4 Å². The second-order valence-corrected chi connectivity index (χ2v) is 10.6. The van der Waals surface area contributed by atoms with E-state index in [1.54, 1.807) is 30.3 Å². The van der Waals surface area contributed by atoms with E-state index in [1.807, 2.05) is 12.1 Å². The number of esters is 1. The molecule has 0 saturated carbocycles. The molecule has 0 amide bonds. The van der Waals surface area contributed by atoms with Crippen molar-refractivity contribution in [1.29, 1.82) is 0 Å². The fourth-order valence-electron chi connectivity index (χ4n) is 4.17. The van der Waals surface area contributed by atoms with Crippen LogP contribution in [0.25, 0.3) is 0 Å². The highest BCUT2D eigenvalue weighted by Gasteiger charge is 2.30. The molecule has 15 heteroatoms. The Morgan fingerprint density at radius 3 is 1.55 bits per heavy atom. The molecule has 12 nitrogen and oxygen atoms in total. The van der Waals surface area contributed by atoms with Gasteiger partial charge in [-0.25, -0.2) is 4.79 Å². The predicted octanol–water partition coefficient (Wildman–Crippen LogP) is 5.38. The number of para-hydroxylation sites is 1. The van der Waals surface area contributed by atoms with Gasteiger partial charge in [0.2, 0.25) is 0 Å². The van der Waals surface area contributed by atoms with E-state index >= 15 is 0 Å². The van der Waals surface area contributed by atoms with Gasteiger partial charge < -0.3 is 53.7 Å². The second kappa shape index (κ2) is 25.1. The van der Waals surface area contributed by atoms with E-state index < -0.39 is 17.7 Å². The summed E-state index contributed by atoms with van der Waals surface area (Å²) < 4.78 is 88.1. The third-order valence-corrected chi connectivity index (χ3v) is 6.69.